The SMILES string of the molecule is COc1cc(-c2nc(C3CCC(N4CCN(C)CC4)CC3)n3ccnc(C)c23)ccc1NC(=O)c1cc2c(OC(C)=O)cccc2n1C. The number of anilines is 1. The normalized spacial score (nSPS) is 19.1. The molecule has 4 heterocycles. The Bertz CT molecular complexity index is 2000. The summed E-state index contributed by atoms with van der Waals surface area (Å²) in [4.78, 5) is 40.2. The van der Waals surface area contributed by atoms with Crippen LogP contribution in [0.15, 0.2) is 54.9 Å². The van der Waals surface area contributed by atoms with Crippen LogP contribution in [0.2, 0.25) is 0 Å². The maximum absolute atomic E-state index is 13.6. The number of nitrogens with zero attached hydrogens (tertiary/aromatic N) is 6. The Morgan fingerprint density at radius 1 is 0.958 bits per heavy atom. The summed E-state index contributed by atoms with van der Waals surface area (Å²) in [5.74, 6) is 1.67. The first-order valence-electron chi connectivity index (χ1n) is 16.7. The van der Waals surface area contributed by atoms with Crippen LogP contribution in [0.5, 0.6) is 11.5 Å². The molecule has 1 N–H and O–H groups in total. The zero-order chi connectivity index (χ0) is 33.5. The van der Waals surface area contributed by atoms with Crippen LogP contribution in [-0.4, -0.2) is 87.0 Å². The molecule has 0 spiro atoms. The first-order valence-corrected chi connectivity index (χ1v) is 16.7. The van der Waals surface area contributed by atoms with E-state index in [4.69, 9.17) is 14.5 Å². The van der Waals surface area contributed by atoms with Crippen LogP contribution >= 0.6 is 0 Å². The first kappa shape index (κ1) is 31.8. The third-order valence-corrected chi connectivity index (χ3v) is 10.1. The lowest BCUT2D eigenvalue weighted by Gasteiger charge is -2.41. The van der Waals surface area contributed by atoms with Gasteiger partial charge in [0.2, 0.25) is 0 Å². The average Bonchev–Trinajstić information content (AvgIpc) is 3.65. The van der Waals surface area contributed by atoms with E-state index in [0.29, 0.717) is 40.2 Å². The quantitative estimate of drug-likeness (QED) is 0.178. The van der Waals surface area contributed by atoms with Crippen LogP contribution in [0.25, 0.3) is 27.7 Å². The summed E-state index contributed by atoms with van der Waals surface area (Å²) in [5.41, 5.74) is 5.40. The summed E-state index contributed by atoms with van der Waals surface area (Å²) in [6.45, 7) is 7.99. The van der Waals surface area contributed by atoms with Crippen molar-refractivity contribution in [2.24, 2.45) is 7.05 Å². The molecule has 1 aliphatic heterocycles. The van der Waals surface area contributed by atoms with Gasteiger partial charge in [0.25, 0.3) is 5.91 Å². The summed E-state index contributed by atoms with van der Waals surface area (Å²) in [6.07, 6.45) is 8.49. The predicted octanol–water partition coefficient (Wildman–Crippen LogP) is 5.66. The van der Waals surface area contributed by atoms with Gasteiger partial charge < -0.3 is 24.3 Å². The number of rotatable bonds is 7. The van der Waals surface area contributed by atoms with Crippen LogP contribution in [-0.2, 0) is 11.8 Å². The molecule has 250 valence electrons. The van der Waals surface area contributed by atoms with E-state index in [1.54, 1.807) is 29.9 Å². The largest absolute Gasteiger partial charge is 0.495 e. The van der Waals surface area contributed by atoms with Gasteiger partial charge in [-0.05, 0) is 70.0 Å². The van der Waals surface area contributed by atoms with Gasteiger partial charge in [0.15, 0.2) is 0 Å². The van der Waals surface area contributed by atoms with E-state index in [2.05, 4.69) is 31.5 Å². The fourth-order valence-corrected chi connectivity index (χ4v) is 7.52. The van der Waals surface area contributed by atoms with Gasteiger partial charge in [-0.25, -0.2) is 4.98 Å². The minimum absolute atomic E-state index is 0.310. The van der Waals surface area contributed by atoms with Gasteiger partial charge >= 0.3 is 5.97 Å². The molecule has 7 rings (SSSR count). The highest BCUT2D eigenvalue weighted by Gasteiger charge is 2.31. The molecule has 0 bridgehead atoms. The lowest BCUT2D eigenvalue weighted by Crippen LogP contribution is -2.49. The Morgan fingerprint density at radius 2 is 1.73 bits per heavy atom. The number of aromatic nitrogens is 4. The number of benzene rings is 2. The van der Waals surface area contributed by atoms with E-state index >= 15 is 0 Å². The molecule has 2 aromatic carbocycles. The van der Waals surface area contributed by atoms with Crippen molar-refractivity contribution in [2.75, 3.05) is 45.7 Å². The third kappa shape index (κ3) is 5.92. The number of methoxy groups -OCH3 is 1. The molecule has 0 unspecified atom stereocenters. The topological polar surface area (TPSA) is 106 Å². The highest BCUT2D eigenvalue weighted by Crippen LogP contribution is 2.39. The third-order valence-electron chi connectivity index (χ3n) is 10.1. The highest BCUT2D eigenvalue weighted by atomic mass is 16.5. The second kappa shape index (κ2) is 13.0. The van der Waals surface area contributed by atoms with Crippen LogP contribution in [0.1, 0.15) is 60.5 Å². The lowest BCUT2D eigenvalue weighted by atomic mass is 9.84. The van der Waals surface area contributed by atoms with E-state index < -0.39 is 5.97 Å². The Balaban J connectivity index is 1.15. The second-order valence-electron chi connectivity index (χ2n) is 13.1. The van der Waals surface area contributed by atoms with E-state index in [0.717, 1.165) is 72.8 Å². The van der Waals surface area contributed by atoms with Gasteiger partial charge in [-0.2, -0.15) is 0 Å². The van der Waals surface area contributed by atoms with Crippen molar-refractivity contribution in [3.8, 4) is 22.8 Å². The molecule has 1 aliphatic carbocycles. The number of amides is 1. The summed E-state index contributed by atoms with van der Waals surface area (Å²) in [6, 6.07) is 13.5. The second-order valence-corrected chi connectivity index (χ2v) is 13.1. The number of ether oxygens (including phenoxy) is 2. The van der Waals surface area contributed by atoms with Crippen molar-refractivity contribution >= 4 is 34.0 Å². The molecular weight excluding hydrogens is 606 g/mol. The number of hydrogen-bond acceptors (Lipinski definition) is 8. The molecule has 3 aromatic heterocycles. The zero-order valence-electron chi connectivity index (χ0n) is 28.3. The standard InChI is InChI=1S/C37H43N7O4/c1-23-35-34(40-36(44(35)16-15-38-23)25-9-12-27(13-10-25)43-19-17-41(3)18-20-43)26-11-14-29(33(21-26)47-5)39-37(46)31-22-28-30(42(31)4)7-6-8-32(28)48-24(2)45/h6-8,11,14-16,21-22,25,27H,9-10,12-13,17-20H2,1-5H3,(H,39,46). The van der Waals surface area contributed by atoms with Crippen LogP contribution in [0.4, 0.5) is 5.69 Å². The number of nitrogens with one attached hydrogen (secondary N) is 1. The summed E-state index contributed by atoms with van der Waals surface area (Å²) in [5, 5.41) is 3.70. The first-order chi connectivity index (χ1) is 23.2. The molecule has 11 nitrogen and oxygen atoms in total. The Hall–Kier alpha value is -4.74. The lowest BCUT2D eigenvalue weighted by molar-refractivity contribution is -0.131. The van der Waals surface area contributed by atoms with E-state index in [9.17, 15) is 9.59 Å². The Labute approximate surface area is 280 Å². The molecule has 5 aromatic rings. The summed E-state index contributed by atoms with van der Waals surface area (Å²) < 4.78 is 15.2. The molecule has 1 saturated heterocycles. The van der Waals surface area contributed by atoms with Crippen molar-refractivity contribution in [3.63, 3.8) is 0 Å². The molecule has 1 amide bonds. The van der Waals surface area contributed by atoms with Crippen molar-refractivity contribution < 1.29 is 19.1 Å². The number of imidazole rings is 1. The fraction of sp³-hybridized carbons (Fsp3) is 0.405. The Kier molecular flexibility index (Phi) is 8.65. The number of carbonyl (C=O) groups excluding carboxylic acids is 2. The van der Waals surface area contributed by atoms with Crippen LogP contribution < -0.4 is 14.8 Å². The van der Waals surface area contributed by atoms with Crippen LogP contribution in [0, 0.1) is 6.92 Å². The number of likely N-dealkylation sites (N-methyl/N-ethyl adjacent to an activating group) is 1. The molecule has 48 heavy (non-hydrogen) atoms. The molecule has 2 aliphatic rings. The van der Waals surface area contributed by atoms with Crippen molar-refractivity contribution in [1.82, 2.24) is 28.7 Å². The number of aryl methyl sites for hydroxylation is 2. The number of esters is 1. The van der Waals surface area contributed by atoms with Gasteiger partial charge in [0.1, 0.15) is 23.0 Å². The van der Waals surface area contributed by atoms with Gasteiger partial charge in [0.05, 0.1) is 35.2 Å². The zero-order valence-corrected chi connectivity index (χ0v) is 28.3. The molecule has 1 saturated carbocycles. The van der Waals surface area contributed by atoms with Crippen LogP contribution in [0.3, 0.4) is 0 Å². The van der Waals surface area contributed by atoms with E-state index in [1.165, 1.54) is 19.8 Å². The summed E-state index contributed by atoms with van der Waals surface area (Å²) >= 11 is 0. The van der Waals surface area contributed by atoms with Gasteiger partial charge in [0, 0.05) is 75.5 Å². The molecule has 0 atom stereocenters. The molecular formula is C37H43N7O4. The minimum Gasteiger partial charge on any atom is -0.495 e. The smallest absolute Gasteiger partial charge is 0.308 e. The van der Waals surface area contributed by atoms with Gasteiger partial charge in [-0.1, -0.05) is 12.1 Å². The van der Waals surface area contributed by atoms with Gasteiger partial charge in [-0.15, -0.1) is 0 Å². The minimum atomic E-state index is -0.417. The predicted molar refractivity (Wildman–Crippen MR) is 186 cm³/mol. The fourth-order valence-electron chi connectivity index (χ4n) is 7.52. The Morgan fingerprint density at radius 3 is 2.46 bits per heavy atom. The monoisotopic (exact) mass is 649 g/mol. The molecule has 0 radical (unpaired) electrons. The van der Waals surface area contributed by atoms with Crippen molar-refractivity contribution in [2.45, 2.75) is 51.5 Å². The van der Waals surface area contributed by atoms with E-state index in [-0.39, 0.29) is 5.91 Å². The molecule has 11 heteroatoms. The maximum Gasteiger partial charge on any atom is 0.308 e. The van der Waals surface area contributed by atoms with E-state index in [1.807, 2.05) is 50.6 Å². The molecule has 2 fully saturated rings. The number of fused-ring (bicyclic) bond motifs is 2. The number of carbonyl (C=O) groups is 2. The summed E-state index contributed by atoms with van der Waals surface area (Å²) in [7, 11) is 5.62. The average molecular weight is 650 g/mol. The highest BCUT2D eigenvalue weighted by molar-refractivity contribution is 6.08. The number of piperazine rings is 1. The van der Waals surface area contributed by atoms with Gasteiger partial charge in [-0.3, -0.25) is 23.9 Å². The van der Waals surface area contributed by atoms with Crippen molar-refractivity contribution in [1.29, 1.82) is 0 Å². The number of hydrogen-bond donors (Lipinski definition) is 1. The van der Waals surface area contributed by atoms with Crippen molar-refractivity contribution in [3.05, 3.63) is 72.1 Å². The maximum atomic E-state index is 13.6.